The zero-order chi connectivity index (χ0) is 27.2. The summed E-state index contributed by atoms with van der Waals surface area (Å²) in [6.07, 6.45) is 10.1. The first kappa shape index (κ1) is 26.5. The van der Waals surface area contributed by atoms with E-state index in [0.29, 0.717) is 42.4 Å². The summed E-state index contributed by atoms with van der Waals surface area (Å²) in [6, 6.07) is 22.5. The number of carboxylic acid groups (broad SMARTS) is 1. The molecule has 1 aliphatic heterocycles. The molecule has 2 heterocycles. The molecular weight excluding hydrogens is 514 g/mol. The molecule has 0 radical (unpaired) electrons. The number of pyridine rings is 1. The number of halogens is 1. The lowest BCUT2D eigenvalue weighted by molar-refractivity contribution is -0.170. The molecule has 0 aliphatic carbocycles. The van der Waals surface area contributed by atoms with Gasteiger partial charge in [0.15, 0.2) is 5.79 Å². The van der Waals surface area contributed by atoms with Gasteiger partial charge in [-0.1, -0.05) is 60.0 Å². The fourth-order valence-corrected chi connectivity index (χ4v) is 4.82. The monoisotopic (exact) mass is 539 g/mol. The van der Waals surface area contributed by atoms with E-state index in [2.05, 4.69) is 10.9 Å². The second kappa shape index (κ2) is 11.7. The van der Waals surface area contributed by atoms with Crippen molar-refractivity contribution in [2.45, 2.75) is 18.6 Å². The number of terminal acetylenes is 1. The number of aromatic carboxylic acids is 1. The lowest BCUT2D eigenvalue weighted by atomic mass is 9.94. The van der Waals surface area contributed by atoms with Gasteiger partial charge < -0.3 is 19.3 Å². The summed E-state index contributed by atoms with van der Waals surface area (Å²) in [5.74, 6) is 0.790. The molecule has 1 saturated heterocycles. The molecule has 3 aromatic carbocycles. The molecule has 0 saturated carbocycles. The van der Waals surface area contributed by atoms with Gasteiger partial charge >= 0.3 is 5.97 Å². The summed E-state index contributed by atoms with van der Waals surface area (Å²) in [7, 11) is 0. The molecule has 1 fully saturated rings. The lowest BCUT2D eigenvalue weighted by Crippen LogP contribution is -2.28. The second-order valence-electron chi connectivity index (χ2n) is 9.10. The first-order chi connectivity index (χ1) is 19.0. The van der Waals surface area contributed by atoms with E-state index in [1.165, 1.54) is 6.07 Å². The van der Waals surface area contributed by atoms with Crippen LogP contribution in [0.3, 0.4) is 0 Å². The number of rotatable bonds is 9. The number of aryl methyl sites for hydroxylation is 1. The van der Waals surface area contributed by atoms with E-state index in [1.54, 1.807) is 12.1 Å². The van der Waals surface area contributed by atoms with Crippen LogP contribution in [0, 0.1) is 12.3 Å². The summed E-state index contributed by atoms with van der Waals surface area (Å²) < 4.78 is 17.7. The Morgan fingerprint density at radius 3 is 2.69 bits per heavy atom. The molecule has 0 unspecified atom stereocenters. The van der Waals surface area contributed by atoms with Gasteiger partial charge in [-0.3, -0.25) is 0 Å². The Morgan fingerprint density at radius 2 is 1.90 bits per heavy atom. The van der Waals surface area contributed by atoms with Crippen molar-refractivity contribution in [1.82, 2.24) is 4.98 Å². The maximum absolute atomic E-state index is 11.9. The van der Waals surface area contributed by atoms with Crippen molar-refractivity contribution in [2.24, 2.45) is 0 Å². The van der Waals surface area contributed by atoms with E-state index < -0.39 is 11.8 Å². The fraction of sp³-hybridized carbons (Fsp3) is 0.188. The third-order valence-corrected chi connectivity index (χ3v) is 6.79. The van der Waals surface area contributed by atoms with Crippen LogP contribution in [0.1, 0.15) is 39.2 Å². The Labute approximate surface area is 231 Å². The van der Waals surface area contributed by atoms with Gasteiger partial charge in [0.1, 0.15) is 12.4 Å². The Bertz CT molecular complexity index is 1580. The molecule has 0 amide bonds. The van der Waals surface area contributed by atoms with Gasteiger partial charge in [0, 0.05) is 22.4 Å². The number of aromatic nitrogens is 1. The summed E-state index contributed by atoms with van der Waals surface area (Å²) in [6.45, 7) is 0.974. The average molecular weight is 540 g/mol. The molecule has 0 atom stereocenters. The standard InChI is InChI=1S/C32H26ClNO5/c1-2-16-37-28-13-9-23(29(21-28)31(35)36)14-15-32(38-17-18-39-32)25-5-3-4-22(19-25)6-11-27-12-8-24-7-10-26(33)20-30(24)34-27/h1,3-13,19-21H,14-18H2,(H,35,36)/b11-6+. The smallest absolute Gasteiger partial charge is 0.336 e. The molecule has 0 bridgehead atoms. The quantitative estimate of drug-likeness (QED) is 0.241. The maximum Gasteiger partial charge on any atom is 0.336 e. The summed E-state index contributed by atoms with van der Waals surface area (Å²) in [4.78, 5) is 16.6. The van der Waals surface area contributed by atoms with E-state index in [0.717, 1.165) is 27.7 Å². The Kier molecular flexibility index (Phi) is 7.94. The largest absolute Gasteiger partial charge is 0.481 e. The highest BCUT2D eigenvalue weighted by Gasteiger charge is 2.38. The summed E-state index contributed by atoms with van der Waals surface area (Å²) in [5.41, 5.74) is 4.30. The minimum Gasteiger partial charge on any atom is -0.481 e. The predicted octanol–water partition coefficient (Wildman–Crippen LogP) is 6.60. The van der Waals surface area contributed by atoms with Crippen LogP contribution in [-0.4, -0.2) is 35.9 Å². The molecule has 7 heteroatoms. The Morgan fingerprint density at radius 1 is 1.08 bits per heavy atom. The van der Waals surface area contributed by atoms with Gasteiger partial charge in [-0.25, -0.2) is 9.78 Å². The van der Waals surface area contributed by atoms with E-state index in [-0.39, 0.29) is 12.2 Å². The average Bonchev–Trinajstić information content (AvgIpc) is 3.44. The third-order valence-electron chi connectivity index (χ3n) is 6.56. The zero-order valence-electron chi connectivity index (χ0n) is 21.1. The number of benzene rings is 3. The molecule has 4 aromatic rings. The van der Waals surface area contributed by atoms with E-state index in [4.69, 9.17) is 32.2 Å². The molecule has 6 nitrogen and oxygen atoms in total. The van der Waals surface area contributed by atoms with Crippen LogP contribution < -0.4 is 4.74 Å². The fourth-order valence-electron chi connectivity index (χ4n) is 4.66. The van der Waals surface area contributed by atoms with E-state index >= 15 is 0 Å². The number of ether oxygens (including phenoxy) is 3. The molecular formula is C32H26ClNO5. The first-order valence-electron chi connectivity index (χ1n) is 12.5. The number of carbonyl (C=O) groups is 1. The summed E-state index contributed by atoms with van der Waals surface area (Å²) in [5, 5.41) is 11.4. The zero-order valence-corrected chi connectivity index (χ0v) is 21.9. The van der Waals surface area contributed by atoms with E-state index in [1.807, 2.05) is 66.7 Å². The van der Waals surface area contributed by atoms with Crippen LogP contribution in [0.2, 0.25) is 5.02 Å². The van der Waals surface area contributed by atoms with E-state index in [9.17, 15) is 9.90 Å². The second-order valence-corrected chi connectivity index (χ2v) is 9.54. The van der Waals surface area contributed by atoms with Crippen LogP contribution in [0.15, 0.2) is 72.8 Å². The minimum absolute atomic E-state index is 0.0687. The van der Waals surface area contributed by atoms with Gasteiger partial charge in [0.05, 0.1) is 30.0 Å². The topological polar surface area (TPSA) is 77.9 Å². The van der Waals surface area contributed by atoms with Gasteiger partial charge in [-0.15, -0.1) is 6.42 Å². The maximum atomic E-state index is 11.9. The molecule has 1 aliphatic rings. The van der Waals surface area contributed by atoms with Crippen molar-refractivity contribution >= 4 is 40.6 Å². The molecule has 0 spiro atoms. The number of hydrogen-bond donors (Lipinski definition) is 1. The van der Waals surface area contributed by atoms with Crippen molar-refractivity contribution in [1.29, 1.82) is 0 Å². The highest BCUT2D eigenvalue weighted by molar-refractivity contribution is 6.31. The summed E-state index contributed by atoms with van der Waals surface area (Å²) >= 11 is 6.13. The highest BCUT2D eigenvalue weighted by atomic mass is 35.5. The number of fused-ring (bicyclic) bond motifs is 1. The molecule has 196 valence electrons. The van der Waals surface area contributed by atoms with Crippen molar-refractivity contribution < 1.29 is 24.1 Å². The van der Waals surface area contributed by atoms with Crippen LogP contribution in [0.5, 0.6) is 5.75 Å². The Hall–Kier alpha value is -4.15. The third kappa shape index (κ3) is 6.13. The number of hydrogen-bond acceptors (Lipinski definition) is 5. The van der Waals surface area contributed by atoms with Gasteiger partial charge in [0.2, 0.25) is 0 Å². The van der Waals surface area contributed by atoms with Crippen molar-refractivity contribution in [3.8, 4) is 18.1 Å². The minimum atomic E-state index is -1.03. The molecule has 1 aromatic heterocycles. The lowest BCUT2D eigenvalue weighted by Gasteiger charge is -2.28. The van der Waals surface area contributed by atoms with Crippen LogP contribution in [0.25, 0.3) is 23.1 Å². The Balaban J connectivity index is 1.37. The number of nitrogens with zero attached hydrogens (tertiary/aromatic N) is 1. The van der Waals surface area contributed by atoms with Crippen molar-refractivity contribution in [3.05, 3.63) is 106 Å². The first-order valence-corrected chi connectivity index (χ1v) is 12.9. The highest BCUT2D eigenvalue weighted by Crippen LogP contribution is 2.37. The van der Waals surface area contributed by atoms with Gasteiger partial charge in [-0.05, 0) is 60.0 Å². The molecule has 1 N–H and O–H groups in total. The van der Waals surface area contributed by atoms with Crippen LogP contribution in [0.4, 0.5) is 0 Å². The van der Waals surface area contributed by atoms with Crippen LogP contribution in [-0.2, 0) is 21.7 Å². The van der Waals surface area contributed by atoms with Gasteiger partial charge in [0.25, 0.3) is 0 Å². The SMILES string of the molecule is C#CCOc1ccc(CCC2(c3cccc(/C=C/c4ccc5ccc(Cl)cc5n4)c3)OCCO2)c(C(=O)O)c1. The van der Waals surface area contributed by atoms with Crippen LogP contribution >= 0.6 is 11.6 Å². The molecule has 39 heavy (non-hydrogen) atoms. The molecule has 5 rings (SSSR count). The van der Waals surface area contributed by atoms with Gasteiger partial charge in [-0.2, -0.15) is 0 Å². The van der Waals surface area contributed by atoms with Crippen molar-refractivity contribution in [2.75, 3.05) is 19.8 Å². The predicted molar refractivity (Wildman–Crippen MR) is 152 cm³/mol. The normalized spacial score (nSPS) is 14.5. The number of carboxylic acids is 1. The van der Waals surface area contributed by atoms with Crippen molar-refractivity contribution in [3.63, 3.8) is 0 Å².